The summed E-state index contributed by atoms with van der Waals surface area (Å²) in [5.74, 6) is -0.0953. The van der Waals surface area contributed by atoms with E-state index in [1.165, 1.54) is 6.07 Å². The van der Waals surface area contributed by atoms with Crippen LogP contribution in [0.15, 0.2) is 18.2 Å². The minimum absolute atomic E-state index is 0.109. The molecule has 0 spiro atoms. The molecular weight excluding hydrogens is 267 g/mol. The fraction of sp³-hybridized carbons (Fsp3) is 0.500. The predicted molar refractivity (Wildman–Crippen MR) is 73.5 cm³/mol. The molecule has 2 rings (SSSR count). The average molecular weight is 285 g/mol. The summed E-state index contributed by atoms with van der Waals surface area (Å²) in [6.45, 7) is 3.84. The summed E-state index contributed by atoms with van der Waals surface area (Å²) < 4.78 is 13.6. The minimum Gasteiger partial charge on any atom is -0.341 e. The highest BCUT2D eigenvalue weighted by atomic mass is 35.5. The van der Waals surface area contributed by atoms with E-state index in [2.05, 4.69) is 5.32 Å². The van der Waals surface area contributed by atoms with Crippen molar-refractivity contribution in [1.82, 2.24) is 10.2 Å². The molecule has 0 bridgehead atoms. The van der Waals surface area contributed by atoms with Crippen molar-refractivity contribution in [3.05, 3.63) is 34.6 Å². The number of hydrogen-bond acceptors (Lipinski definition) is 2. The van der Waals surface area contributed by atoms with E-state index < -0.39 is 0 Å². The van der Waals surface area contributed by atoms with Crippen molar-refractivity contribution in [2.24, 2.45) is 0 Å². The summed E-state index contributed by atoms with van der Waals surface area (Å²) in [6, 6.07) is 4.78. The van der Waals surface area contributed by atoms with Crippen LogP contribution >= 0.6 is 11.6 Å². The van der Waals surface area contributed by atoms with Crippen LogP contribution < -0.4 is 5.32 Å². The van der Waals surface area contributed by atoms with Crippen molar-refractivity contribution in [3.8, 4) is 0 Å². The SMILES string of the molecule is CC(CN1CCCC1=O)NCc1c(F)cccc1Cl. The molecular formula is C14H18ClFN2O. The minimum atomic E-state index is -0.301. The van der Waals surface area contributed by atoms with Crippen LogP contribution in [0.3, 0.4) is 0 Å². The van der Waals surface area contributed by atoms with Gasteiger partial charge in [0.25, 0.3) is 0 Å². The fourth-order valence-corrected chi connectivity index (χ4v) is 2.50. The molecule has 3 nitrogen and oxygen atoms in total. The first kappa shape index (κ1) is 14.3. The van der Waals surface area contributed by atoms with Crippen molar-refractivity contribution < 1.29 is 9.18 Å². The Hall–Kier alpha value is -1.13. The first-order chi connectivity index (χ1) is 9.08. The lowest BCUT2D eigenvalue weighted by Gasteiger charge is -2.22. The van der Waals surface area contributed by atoms with E-state index in [0.717, 1.165) is 13.0 Å². The molecule has 1 amide bonds. The molecule has 1 fully saturated rings. The maximum Gasteiger partial charge on any atom is 0.222 e. The number of benzene rings is 1. The van der Waals surface area contributed by atoms with E-state index in [0.29, 0.717) is 30.1 Å². The summed E-state index contributed by atoms with van der Waals surface area (Å²) >= 11 is 5.96. The molecule has 1 unspecified atom stereocenters. The Kier molecular flexibility index (Phi) is 4.77. The predicted octanol–water partition coefficient (Wildman–Crippen LogP) is 2.58. The number of hydrogen-bond donors (Lipinski definition) is 1. The van der Waals surface area contributed by atoms with Gasteiger partial charge in [-0.15, -0.1) is 0 Å². The normalized spacial score (nSPS) is 17.0. The Morgan fingerprint density at radius 1 is 1.53 bits per heavy atom. The van der Waals surface area contributed by atoms with Crippen LogP contribution in [0, 0.1) is 5.82 Å². The van der Waals surface area contributed by atoms with Gasteiger partial charge in [0.15, 0.2) is 0 Å². The van der Waals surface area contributed by atoms with Crippen LogP contribution in [-0.4, -0.2) is 29.9 Å². The summed E-state index contributed by atoms with van der Waals surface area (Å²) in [7, 11) is 0. The van der Waals surface area contributed by atoms with Gasteiger partial charge in [0.2, 0.25) is 5.91 Å². The first-order valence-electron chi connectivity index (χ1n) is 6.52. The smallest absolute Gasteiger partial charge is 0.222 e. The van der Waals surface area contributed by atoms with Crippen LogP contribution in [-0.2, 0) is 11.3 Å². The Morgan fingerprint density at radius 2 is 2.32 bits per heavy atom. The molecule has 1 aromatic carbocycles. The van der Waals surface area contributed by atoms with Gasteiger partial charge >= 0.3 is 0 Å². The van der Waals surface area contributed by atoms with Gasteiger partial charge in [-0.1, -0.05) is 17.7 Å². The van der Waals surface area contributed by atoms with E-state index in [9.17, 15) is 9.18 Å². The number of nitrogens with one attached hydrogen (secondary N) is 1. The molecule has 1 heterocycles. The lowest BCUT2D eigenvalue weighted by molar-refractivity contribution is -0.127. The van der Waals surface area contributed by atoms with Gasteiger partial charge < -0.3 is 10.2 Å². The number of rotatable bonds is 5. The highest BCUT2D eigenvalue weighted by Gasteiger charge is 2.21. The lowest BCUT2D eigenvalue weighted by Crippen LogP contribution is -2.39. The quantitative estimate of drug-likeness (QED) is 0.901. The van der Waals surface area contributed by atoms with Gasteiger partial charge in [-0.05, 0) is 25.5 Å². The van der Waals surface area contributed by atoms with Crippen LogP contribution in [0.5, 0.6) is 0 Å². The van der Waals surface area contributed by atoms with Gasteiger partial charge in [0.1, 0.15) is 5.82 Å². The van der Waals surface area contributed by atoms with E-state index in [-0.39, 0.29) is 17.8 Å². The third-order valence-corrected chi connectivity index (χ3v) is 3.71. The van der Waals surface area contributed by atoms with E-state index in [1.807, 2.05) is 11.8 Å². The fourth-order valence-electron chi connectivity index (χ4n) is 2.27. The Morgan fingerprint density at radius 3 is 2.95 bits per heavy atom. The number of carbonyl (C=O) groups is 1. The molecule has 0 saturated carbocycles. The molecule has 0 aliphatic carbocycles. The van der Waals surface area contributed by atoms with Gasteiger partial charge in [0, 0.05) is 42.7 Å². The second kappa shape index (κ2) is 6.35. The second-order valence-corrected chi connectivity index (χ2v) is 5.33. The number of carbonyl (C=O) groups excluding carboxylic acids is 1. The highest BCUT2D eigenvalue weighted by Crippen LogP contribution is 2.18. The standard InChI is InChI=1S/C14H18ClFN2O/c1-10(9-18-7-3-6-14(18)19)17-8-11-12(15)4-2-5-13(11)16/h2,4-5,10,17H,3,6-9H2,1H3. The van der Waals surface area contributed by atoms with Gasteiger partial charge in [-0.2, -0.15) is 0 Å². The highest BCUT2D eigenvalue weighted by molar-refractivity contribution is 6.31. The molecule has 19 heavy (non-hydrogen) atoms. The maximum absolute atomic E-state index is 13.6. The Balaban J connectivity index is 1.86. The molecule has 5 heteroatoms. The zero-order chi connectivity index (χ0) is 13.8. The molecule has 1 aliphatic rings. The van der Waals surface area contributed by atoms with Crippen molar-refractivity contribution in [1.29, 1.82) is 0 Å². The van der Waals surface area contributed by atoms with Crippen LogP contribution in [0.4, 0.5) is 4.39 Å². The van der Waals surface area contributed by atoms with Crippen molar-refractivity contribution in [3.63, 3.8) is 0 Å². The number of amides is 1. The second-order valence-electron chi connectivity index (χ2n) is 4.93. The van der Waals surface area contributed by atoms with E-state index in [4.69, 9.17) is 11.6 Å². The molecule has 1 N–H and O–H groups in total. The Bertz CT molecular complexity index is 447. The first-order valence-corrected chi connectivity index (χ1v) is 6.90. The number of likely N-dealkylation sites (tertiary alicyclic amines) is 1. The maximum atomic E-state index is 13.6. The van der Waals surface area contributed by atoms with Gasteiger partial charge in [0.05, 0.1) is 0 Å². The van der Waals surface area contributed by atoms with E-state index >= 15 is 0 Å². The zero-order valence-corrected chi connectivity index (χ0v) is 11.7. The Labute approximate surface area is 117 Å². The lowest BCUT2D eigenvalue weighted by atomic mass is 10.2. The van der Waals surface area contributed by atoms with Crippen molar-refractivity contribution in [2.75, 3.05) is 13.1 Å². The third-order valence-electron chi connectivity index (χ3n) is 3.35. The zero-order valence-electron chi connectivity index (χ0n) is 11.0. The number of halogens is 2. The largest absolute Gasteiger partial charge is 0.341 e. The summed E-state index contributed by atoms with van der Waals surface area (Å²) in [4.78, 5) is 13.4. The summed E-state index contributed by atoms with van der Waals surface area (Å²) in [5, 5.41) is 3.64. The molecule has 0 aromatic heterocycles. The number of nitrogens with zero attached hydrogens (tertiary/aromatic N) is 1. The van der Waals surface area contributed by atoms with Crippen molar-refractivity contribution >= 4 is 17.5 Å². The summed E-state index contributed by atoms with van der Waals surface area (Å²) in [5.41, 5.74) is 0.476. The third kappa shape index (κ3) is 3.67. The molecule has 1 saturated heterocycles. The topological polar surface area (TPSA) is 32.3 Å². The van der Waals surface area contributed by atoms with Crippen LogP contribution in [0.1, 0.15) is 25.3 Å². The monoisotopic (exact) mass is 284 g/mol. The molecule has 1 aromatic rings. The van der Waals surface area contributed by atoms with Crippen LogP contribution in [0.25, 0.3) is 0 Å². The molecule has 1 aliphatic heterocycles. The van der Waals surface area contributed by atoms with Crippen molar-refractivity contribution in [2.45, 2.75) is 32.4 Å². The molecule has 1 atom stereocenters. The van der Waals surface area contributed by atoms with Gasteiger partial charge in [-0.3, -0.25) is 4.79 Å². The van der Waals surface area contributed by atoms with Gasteiger partial charge in [-0.25, -0.2) is 4.39 Å². The summed E-state index contributed by atoms with van der Waals surface area (Å²) in [6.07, 6.45) is 1.58. The van der Waals surface area contributed by atoms with Crippen LogP contribution in [0.2, 0.25) is 5.02 Å². The molecule has 104 valence electrons. The van der Waals surface area contributed by atoms with E-state index in [1.54, 1.807) is 12.1 Å². The molecule has 0 radical (unpaired) electrons. The average Bonchev–Trinajstić information content (AvgIpc) is 2.74.